The minimum absolute atomic E-state index is 0.277. The molecule has 9 heteroatoms. The van der Waals surface area contributed by atoms with Crippen LogP contribution in [0.4, 0.5) is 5.82 Å². The lowest BCUT2D eigenvalue weighted by Crippen LogP contribution is -2.33. The monoisotopic (exact) mass is 357 g/mol. The number of aryl methyl sites for hydroxylation is 1. The highest BCUT2D eigenvalue weighted by Gasteiger charge is 2.44. The standard InChI is InChI=1S/C17H19N5O4/c1-8-2-3-19-10(4-8)9-5-22(16-12(9)15(18)20-7-21-16)17-14(25)13(24)11(6-23)26-17/h2-5,7,11,13-14,17,23-25H,6H2,1H3,(H2,18,20,21)/t11-,13-,14-,17-/m1/s1. The van der Waals surface area contributed by atoms with E-state index in [1.54, 1.807) is 17.0 Å². The lowest BCUT2D eigenvalue weighted by molar-refractivity contribution is -0.0508. The van der Waals surface area contributed by atoms with Gasteiger partial charge in [0.2, 0.25) is 0 Å². The number of aromatic nitrogens is 4. The Morgan fingerprint density at radius 1 is 1.23 bits per heavy atom. The van der Waals surface area contributed by atoms with Crippen LogP contribution in [0.1, 0.15) is 11.8 Å². The number of anilines is 1. The van der Waals surface area contributed by atoms with Crippen LogP contribution in [0.15, 0.2) is 30.9 Å². The van der Waals surface area contributed by atoms with E-state index in [2.05, 4.69) is 15.0 Å². The molecule has 0 aromatic carbocycles. The van der Waals surface area contributed by atoms with Crippen LogP contribution in [-0.4, -0.2) is 59.8 Å². The lowest BCUT2D eigenvalue weighted by atomic mass is 10.1. The summed E-state index contributed by atoms with van der Waals surface area (Å²) < 4.78 is 7.23. The van der Waals surface area contributed by atoms with Gasteiger partial charge in [-0.3, -0.25) is 4.98 Å². The van der Waals surface area contributed by atoms with Crippen molar-refractivity contribution in [1.29, 1.82) is 0 Å². The van der Waals surface area contributed by atoms with Crippen molar-refractivity contribution in [1.82, 2.24) is 19.5 Å². The van der Waals surface area contributed by atoms with Crippen LogP contribution in [0.25, 0.3) is 22.3 Å². The van der Waals surface area contributed by atoms with E-state index in [9.17, 15) is 15.3 Å². The maximum Gasteiger partial charge on any atom is 0.164 e. The van der Waals surface area contributed by atoms with E-state index in [1.807, 2.05) is 19.1 Å². The van der Waals surface area contributed by atoms with Crippen LogP contribution in [-0.2, 0) is 4.74 Å². The number of hydrogen-bond donors (Lipinski definition) is 4. The van der Waals surface area contributed by atoms with Gasteiger partial charge in [0.1, 0.15) is 36.1 Å². The minimum atomic E-state index is -1.22. The summed E-state index contributed by atoms with van der Waals surface area (Å²) >= 11 is 0. The minimum Gasteiger partial charge on any atom is -0.394 e. The second-order valence-corrected chi connectivity index (χ2v) is 6.35. The van der Waals surface area contributed by atoms with E-state index in [0.717, 1.165) is 5.56 Å². The lowest BCUT2D eigenvalue weighted by Gasteiger charge is -2.17. The first kappa shape index (κ1) is 16.9. The van der Waals surface area contributed by atoms with Gasteiger partial charge in [-0.15, -0.1) is 0 Å². The van der Waals surface area contributed by atoms with Gasteiger partial charge in [-0.2, -0.15) is 0 Å². The van der Waals surface area contributed by atoms with Crippen molar-refractivity contribution in [3.05, 3.63) is 36.4 Å². The van der Waals surface area contributed by atoms with Crippen LogP contribution in [0.5, 0.6) is 0 Å². The first-order chi connectivity index (χ1) is 12.5. The summed E-state index contributed by atoms with van der Waals surface area (Å²) in [5, 5.41) is 30.3. The second kappa shape index (κ2) is 6.29. The topological polar surface area (TPSA) is 140 Å². The third kappa shape index (κ3) is 2.53. The van der Waals surface area contributed by atoms with Crippen LogP contribution in [0.3, 0.4) is 0 Å². The van der Waals surface area contributed by atoms with Crippen LogP contribution >= 0.6 is 0 Å². The summed E-state index contributed by atoms with van der Waals surface area (Å²) in [4.78, 5) is 12.7. The van der Waals surface area contributed by atoms with E-state index in [1.165, 1.54) is 6.33 Å². The molecule has 4 heterocycles. The van der Waals surface area contributed by atoms with Crippen LogP contribution < -0.4 is 5.73 Å². The molecule has 1 aliphatic rings. The Balaban J connectivity index is 1.91. The van der Waals surface area contributed by atoms with Gasteiger partial charge in [0.05, 0.1) is 17.7 Å². The molecule has 1 fully saturated rings. The van der Waals surface area contributed by atoms with Gasteiger partial charge in [-0.25, -0.2) is 9.97 Å². The van der Waals surface area contributed by atoms with Gasteiger partial charge >= 0.3 is 0 Å². The highest BCUT2D eigenvalue weighted by atomic mass is 16.6. The summed E-state index contributed by atoms with van der Waals surface area (Å²) in [5.41, 5.74) is 8.93. The summed E-state index contributed by atoms with van der Waals surface area (Å²) in [6, 6.07) is 3.79. The molecule has 1 aliphatic heterocycles. The number of hydrogen-bond acceptors (Lipinski definition) is 8. The maximum absolute atomic E-state index is 10.4. The van der Waals surface area contributed by atoms with E-state index >= 15 is 0 Å². The Kier molecular flexibility index (Phi) is 4.08. The molecule has 1 saturated heterocycles. The molecule has 3 aromatic heterocycles. The maximum atomic E-state index is 10.4. The summed E-state index contributed by atoms with van der Waals surface area (Å²) in [5.74, 6) is 0.277. The van der Waals surface area contributed by atoms with Crippen molar-refractivity contribution in [2.45, 2.75) is 31.5 Å². The molecular formula is C17H19N5O4. The van der Waals surface area contributed by atoms with Crippen molar-refractivity contribution in [2.24, 2.45) is 0 Å². The molecule has 0 aliphatic carbocycles. The smallest absolute Gasteiger partial charge is 0.164 e. The SMILES string of the molecule is Cc1ccnc(-c2cn([C@@H]3O[C@H](CO)[C@@H](O)[C@H]3O)c3ncnc(N)c23)c1. The zero-order chi connectivity index (χ0) is 18.4. The molecule has 0 amide bonds. The van der Waals surface area contributed by atoms with Crippen molar-refractivity contribution >= 4 is 16.9 Å². The molecule has 0 saturated carbocycles. The molecule has 9 nitrogen and oxygen atoms in total. The van der Waals surface area contributed by atoms with Crippen molar-refractivity contribution in [3.8, 4) is 11.3 Å². The summed E-state index contributed by atoms with van der Waals surface area (Å²) in [6.07, 6.45) is 0.505. The molecule has 5 N–H and O–H groups in total. The highest BCUT2D eigenvalue weighted by Crippen LogP contribution is 2.37. The van der Waals surface area contributed by atoms with Crippen molar-refractivity contribution in [2.75, 3.05) is 12.3 Å². The molecule has 0 radical (unpaired) electrons. The van der Waals surface area contributed by atoms with Gasteiger partial charge in [0.15, 0.2) is 6.23 Å². The van der Waals surface area contributed by atoms with Gasteiger partial charge in [-0.1, -0.05) is 0 Å². The number of nitrogens with two attached hydrogens (primary N) is 1. The fourth-order valence-electron chi connectivity index (χ4n) is 3.29. The Morgan fingerprint density at radius 3 is 2.73 bits per heavy atom. The molecule has 0 spiro atoms. The van der Waals surface area contributed by atoms with Gasteiger partial charge in [0, 0.05) is 18.0 Å². The number of nitrogens with zero attached hydrogens (tertiary/aromatic N) is 4. The summed E-state index contributed by atoms with van der Waals surface area (Å²) in [7, 11) is 0. The predicted molar refractivity (Wildman–Crippen MR) is 92.9 cm³/mol. The van der Waals surface area contributed by atoms with Crippen LogP contribution in [0.2, 0.25) is 0 Å². The molecule has 26 heavy (non-hydrogen) atoms. The number of pyridine rings is 1. The van der Waals surface area contributed by atoms with E-state index < -0.39 is 31.1 Å². The number of ether oxygens (including phenoxy) is 1. The Hall–Kier alpha value is -2.59. The molecule has 0 bridgehead atoms. The largest absolute Gasteiger partial charge is 0.394 e. The predicted octanol–water partition coefficient (Wildman–Crippen LogP) is -0.00458. The first-order valence-corrected chi connectivity index (χ1v) is 8.17. The molecular weight excluding hydrogens is 338 g/mol. The normalized spacial score (nSPS) is 25.8. The van der Waals surface area contributed by atoms with Gasteiger partial charge in [-0.05, 0) is 24.6 Å². The molecule has 4 atom stereocenters. The Labute approximate surface area is 148 Å². The van der Waals surface area contributed by atoms with E-state index in [0.29, 0.717) is 22.3 Å². The Morgan fingerprint density at radius 2 is 2.04 bits per heavy atom. The van der Waals surface area contributed by atoms with Gasteiger partial charge in [0.25, 0.3) is 0 Å². The zero-order valence-electron chi connectivity index (χ0n) is 14.0. The number of nitrogen functional groups attached to an aromatic ring is 1. The van der Waals surface area contributed by atoms with Crippen LogP contribution in [0, 0.1) is 6.92 Å². The average Bonchev–Trinajstić information content (AvgIpc) is 3.15. The molecule has 3 aromatic rings. The first-order valence-electron chi connectivity index (χ1n) is 8.17. The number of fused-ring (bicyclic) bond motifs is 1. The third-order valence-electron chi connectivity index (χ3n) is 4.62. The van der Waals surface area contributed by atoms with Gasteiger partial charge < -0.3 is 30.4 Å². The molecule has 0 unspecified atom stereocenters. The number of aliphatic hydroxyl groups excluding tert-OH is 3. The molecule has 4 rings (SSSR count). The average molecular weight is 357 g/mol. The molecule has 136 valence electrons. The van der Waals surface area contributed by atoms with Crippen molar-refractivity contribution < 1.29 is 20.1 Å². The fourth-order valence-corrected chi connectivity index (χ4v) is 3.29. The summed E-state index contributed by atoms with van der Waals surface area (Å²) in [6.45, 7) is 1.55. The number of aliphatic hydroxyl groups is 3. The Bertz CT molecular complexity index is 959. The van der Waals surface area contributed by atoms with Crippen molar-refractivity contribution in [3.63, 3.8) is 0 Å². The fraction of sp³-hybridized carbons (Fsp3) is 0.353. The quantitative estimate of drug-likeness (QED) is 0.513. The van der Waals surface area contributed by atoms with E-state index in [-0.39, 0.29) is 5.82 Å². The third-order valence-corrected chi connectivity index (χ3v) is 4.62. The van der Waals surface area contributed by atoms with E-state index in [4.69, 9.17) is 10.5 Å². The zero-order valence-corrected chi connectivity index (χ0v) is 14.0. The number of rotatable bonds is 3. The second-order valence-electron chi connectivity index (χ2n) is 6.35. The highest BCUT2D eigenvalue weighted by molar-refractivity contribution is 5.99.